The molecule has 1 aliphatic carbocycles. The molecule has 0 saturated heterocycles. The molecule has 4 nitrogen and oxygen atoms in total. The van der Waals surface area contributed by atoms with Crippen LogP contribution in [0.3, 0.4) is 0 Å². The molecule has 4 heteroatoms. The molecular formula is C17H25NO3. The normalized spacial score (nSPS) is 17.3. The standard InChI is InChI=1S/C17H25NO3/c1-13-6-7-14(2)15(10-13)21-11-16(20)18-17(12-19)8-4-3-5-9-17/h6-7,10,19H,3-5,8-9,11-12H2,1-2H3,(H,18,20). The van der Waals surface area contributed by atoms with Gasteiger partial charge >= 0.3 is 0 Å². The van der Waals surface area contributed by atoms with Gasteiger partial charge in [0.05, 0.1) is 12.1 Å². The summed E-state index contributed by atoms with van der Waals surface area (Å²) in [7, 11) is 0. The maximum absolute atomic E-state index is 12.1. The predicted octanol–water partition coefficient (Wildman–Crippen LogP) is 2.49. The number of carbonyl (C=O) groups excluding carboxylic acids is 1. The van der Waals surface area contributed by atoms with Gasteiger partial charge in [-0.15, -0.1) is 0 Å². The van der Waals surface area contributed by atoms with Crippen molar-refractivity contribution in [3.63, 3.8) is 0 Å². The second-order valence-electron chi connectivity index (χ2n) is 6.10. The first-order valence-electron chi connectivity index (χ1n) is 7.67. The number of ether oxygens (including phenoxy) is 1. The fraction of sp³-hybridized carbons (Fsp3) is 0.588. The Hall–Kier alpha value is -1.55. The summed E-state index contributed by atoms with van der Waals surface area (Å²) in [6.07, 6.45) is 4.98. The van der Waals surface area contributed by atoms with Crippen LogP contribution in [-0.2, 0) is 4.79 Å². The van der Waals surface area contributed by atoms with Gasteiger partial charge in [0.15, 0.2) is 6.61 Å². The molecule has 2 rings (SSSR count). The fourth-order valence-corrected chi connectivity index (χ4v) is 2.89. The van der Waals surface area contributed by atoms with Crippen LogP contribution in [0.15, 0.2) is 18.2 Å². The highest BCUT2D eigenvalue weighted by Gasteiger charge is 2.32. The van der Waals surface area contributed by atoms with E-state index in [0.29, 0.717) is 0 Å². The van der Waals surface area contributed by atoms with Crippen LogP contribution in [0.1, 0.15) is 43.2 Å². The molecule has 1 aromatic carbocycles. The van der Waals surface area contributed by atoms with E-state index in [1.54, 1.807) is 0 Å². The van der Waals surface area contributed by atoms with Crippen molar-refractivity contribution in [2.24, 2.45) is 0 Å². The lowest BCUT2D eigenvalue weighted by Gasteiger charge is -2.36. The van der Waals surface area contributed by atoms with Gasteiger partial charge in [0.2, 0.25) is 0 Å². The number of benzene rings is 1. The number of aryl methyl sites for hydroxylation is 2. The minimum absolute atomic E-state index is 0.00220. The number of amides is 1. The van der Waals surface area contributed by atoms with Crippen LogP contribution < -0.4 is 10.1 Å². The summed E-state index contributed by atoms with van der Waals surface area (Å²) >= 11 is 0. The highest BCUT2D eigenvalue weighted by Crippen LogP contribution is 2.27. The average Bonchev–Trinajstić information content (AvgIpc) is 2.49. The molecule has 1 aromatic rings. The van der Waals surface area contributed by atoms with Crippen LogP contribution in [-0.4, -0.2) is 29.8 Å². The zero-order valence-corrected chi connectivity index (χ0v) is 12.9. The minimum atomic E-state index is -0.444. The lowest BCUT2D eigenvalue weighted by molar-refractivity contribution is -0.126. The largest absolute Gasteiger partial charge is 0.483 e. The van der Waals surface area contributed by atoms with E-state index >= 15 is 0 Å². The monoisotopic (exact) mass is 291 g/mol. The number of rotatable bonds is 5. The Bertz CT molecular complexity index is 493. The van der Waals surface area contributed by atoms with Crippen molar-refractivity contribution in [2.45, 2.75) is 51.5 Å². The Morgan fingerprint density at radius 3 is 2.67 bits per heavy atom. The van der Waals surface area contributed by atoms with Crippen molar-refractivity contribution >= 4 is 5.91 Å². The van der Waals surface area contributed by atoms with Gasteiger partial charge in [-0.2, -0.15) is 0 Å². The van der Waals surface area contributed by atoms with Crippen LogP contribution in [0.25, 0.3) is 0 Å². The molecular weight excluding hydrogens is 266 g/mol. The van der Waals surface area contributed by atoms with Crippen molar-refractivity contribution in [1.82, 2.24) is 5.32 Å². The summed E-state index contributed by atoms with van der Waals surface area (Å²) < 4.78 is 5.62. The SMILES string of the molecule is Cc1ccc(C)c(OCC(=O)NC2(CO)CCCCC2)c1. The molecule has 0 atom stereocenters. The van der Waals surface area contributed by atoms with E-state index in [2.05, 4.69) is 5.32 Å². The van der Waals surface area contributed by atoms with Crippen molar-refractivity contribution < 1.29 is 14.6 Å². The molecule has 0 unspecified atom stereocenters. The van der Waals surface area contributed by atoms with Crippen molar-refractivity contribution in [2.75, 3.05) is 13.2 Å². The smallest absolute Gasteiger partial charge is 0.258 e. The summed E-state index contributed by atoms with van der Waals surface area (Å²) in [5.74, 6) is 0.582. The summed E-state index contributed by atoms with van der Waals surface area (Å²) in [6.45, 7) is 3.95. The van der Waals surface area contributed by atoms with Gasteiger partial charge in [0.1, 0.15) is 5.75 Å². The van der Waals surface area contributed by atoms with Gasteiger partial charge < -0.3 is 15.2 Å². The topological polar surface area (TPSA) is 58.6 Å². The third-order valence-electron chi connectivity index (χ3n) is 4.22. The van der Waals surface area contributed by atoms with Crippen LogP contribution in [0.4, 0.5) is 0 Å². The lowest BCUT2D eigenvalue weighted by atomic mass is 9.82. The number of hydrogen-bond acceptors (Lipinski definition) is 3. The average molecular weight is 291 g/mol. The predicted molar refractivity (Wildman–Crippen MR) is 82.5 cm³/mol. The summed E-state index contributed by atoms with van der Waals surface area (Å²) in [6, 6.07) is 5.94. The lowest BCUT2D eigenvalue weighted by Crippen LogP contribution is -2.53. The van der Waals surface area contributed by atoms with E-state index in [1.807, 2.05) is 32.0 Å². The maximum Gasteiger partial charge on any atom is 0.258 e. The Balaban J connectivity index is 1.91. The summed E-state index contributed by atoms with van der Waals surface area (Å²) in [4.78, 5) is 12.1. The number of hydrogen-bond donors (Lipinski definition) is 2. The van der Waals surface area contributed by atoms with E-state index in [-0.39, 0.29) is 19.1 Å². The molecule has 0 spiro atoms. The minimum Gasteiger partial charge on any atom is -0.483 e. The van der Waals surface area contributed by atoms with Gasteiger partial charge in [-0.25, -0.2) is 0 Å². The fourth-order valence-electron chi connectivity index (χ4n) is 2.89. The van der Waals surface area contributed by atoms with Crippen molar-refractivity contribution in [3.8, 4) is 5.75 Å². The Morgan fingerprint density at radius 1 is 1.29 bits per heavy atom. The van der Waals surface area contributed by atoms with E-state index < -0.39 is 5.54 Å². The molecule has 116 valence electrons. The first-order chi connectivity index (χ1) is 10.0. The molecule has 1 fully saturated rings. The first-order valence-corrected chi connectivity index (χ1v) is 7.67. The highest BCUT2D eigenvalue weighted by atomic mass is 16.5. The number of carbonyl (C=O) groups is 1. The summed E-state index contributed by atoms with van der Waals surface area (Å²) in [5, 5.41) is 12.6. The van der Waals surface area contributed by atoms with Crippen LogP contribution in [0, 0.1) is 13.8 Å². The number of aliphatic hydroxyl groups is 1. The highest BCUT2D eigenvalue weighted by molar-refractivity contribution is 5.78. The van der Waals surface area contributed by atoms with Crippen molar-refractivity contribution in [3.05, 3.63) is 29.3 Å². The van der Waals surface area contributed by atoms with Gasteiger partial charge in [-0.1, -0.05) is 31.4 Å². The Labute approximate surface area is 126 Å². The van der Waals surface area contributed by atoms with Gasteiger partial charge in [0, 0.05) is 0 Å². The van der Waals surface area contributed by atoms with Crippen LogP contribution in [0.5, 0.6) is 5.75 Å². The Kier molecular flexibility index (Phi) is 5.23. The maximum atomic E-state index is 12.1. The number of nitrogens with one attached hydrogen (secondary N) is 1. The third-order valence-corrected chi connectivity index (χ3v) is 4.22. The molecule has 0 aliphatic heterocycles. The zero-order chi connectivity index (χ0) is 15.3. The number of aliphatic hydroxyl groups excluding tert-OH is 1. The van der Waals surface area contributed by atoms with E-state index in [1.165, 1.54) is 6.42 Å². The van der Waals surface area contributed by atoms with Crippen LogP contribution >= 0.6 is 0 Å². The second kappa shape index (κ2) is 6.94. The van der Waals surface area contributed by atoms with Gasteiger partial charge in [0.25, 0.3) is 5.91 Å². The summed E-state index contributed by atoms with van der Waals surface area (Å²) in [5.41, 5.74) is 1.68. The molecule has 0 bridgehead atoms. The molecule has 0 radical (unpaired) electrons. The first kappa shape index (κ1) is 15.8. The third kappa shape index (κ3) is 4.21. The Morgan fingerprint density at radius 2 is 2.00 bits per heavy atom. The van der Waals surface area contributed by atoms with E-state index in [4.69, 9.17) is 4.74 Å². The van der Waals surface area contributed by atoms with Gasteiger partial charge in [-0.3, -0.25) is 4.79 Å². The molecule has 1 saturated carbocycles. The molecule has 21 heavy (non-hydrogen) atoms. The molecule has 1 aliphatic rings. The zero-order valence-electron chi connectivity index (χ0n) is 12.9. The molecule has 1 amide bonds. The molecule has 0 aromatic heterocycles. The quantitative estimate of drug-likeness (QED) is 0.876. The van der Waals surface area contributed by atoms with Crippen LogP contribution in [0.2, 0.25) is 0 Å². The van der Waals surface area contributed by atoms with E-state index in [9.17, 15) is 9.90 Å². The molecule has 2 N–H and O–H groups in total. The van der Waals surface area contributed by atoms with Gasteiger partial charge in [-0.05, 0) is 43.9 Å². The van der Waals surface area contributed by atoms with E-state index in [0.717, 1.165) is 42.6 Å². The van der Waals surface area contributed by atoms with Crippen molar-refractivity contribution in [1.29, 1.82) is 0 Å². The second-order valence-corrected chi connectivity index (χ2v) is 6.10. The molecule has 0 heterocycles.